The van der Waals surface area contributed by atoms with E-state index in [1.807, 2.05) is 0 Å². The third-order valence-electron chi connectivity index (χ3n) is 2.53. The molecule has 1 radical (unpaired) electrons. The zero-order valence-electron chi connectivity index (χ0n) is 7.34. The Morgan fingerprint density at radius 2 is 2.00 bits per heavy atom. The van der Waals surface area contributed by atoms with Crippen molar-refractivity contribution in [2.24, 2.45) is 5.92 Å². The van der Waals surface area contributed by atoms with E-state index in [4.69, 9.17) is 0 Å². The van der Waals surface area contributed by atoms with E-state index in [9.17, 15) is 9.90 Å². The van der Waals surface area contributed by atoms with Gasteiger partial charge in [-0.15, -0.1) is 0 Å². The average Bonchev–Trinajstić information content (AvgIpc) is 2.49. The molecule has 1 fully saturated rings. The smallest absolute Gasteiger partial charge is 0.318 e. The SMILES string of the molecule is [O]C(=O)NCCCC1CCCC1. The molecule has 0 spiro atoms. The van der Waals surface area contributed by atoms with Crippen LogP contribution in [-0.2, 0) is 5.11 Å². The minimum Gasteiger partial charge on any atom is -0.318 e. The van der Waals surface area contributed by atoms with Crippen LogP contribution in [0.15, 0.2) is 0 Å². The standard InChI is InChI=1S/C9H16NO2/c11-9(12)10-7-3-6-8-4-1-2-5-8/h8,10H,1-7H2. The molecule has 0 aromatic carbocycles. The fraction of sp³-hybridized carbons (Fsp3) is 0.889. The number of carbonyl (C=O) groups excluding carboxylic acids is 1. The fourth-order valence-corrected chi connectivity index (χ4v) is 1.88. The van der Waals surface area contributed by atoms with Gasteiger partial charge >= 0.3 is 6.09 Å². The highest BCUT2D eigenvalue weighted by Gasteiger charge is 2.13. The molecule has 0 atom stereocenters. The molecule has 0 heterocycles. The summed E-state index contributed by atoms with van der Waals surface area (Å²) in [5.74, 6) is 0.855. The van der Waals surface area contributed by atoms with Gasteiger partial charge in [0.05, 0.1) is 0 Å². The summed E-state index contributed by atoms with van der Waals surface area (Å²) in [6.07, 6.45) is 6.37. The van der Waals surface area contributed by atoms with Crippen molar-refractivity contribution in [1.29, 1.82) is 0 Å². The third kappa shape index (κ3) is 3.60. The fourth-order valence-electron chi connectivity index (χ4n) is 1.88. The monoisotopic (exact) mass is 170 g/mol. The summed E-state index contributed by atoms with van der Waals surface area (Å²) in [4.78, 5) is 9.97. The van der Waals surface area contributed by atoms with Crippen LogP contribution in [0.5, 0.6) is 0 Å². The van der Waals surface area contributed by atoms with Crippen molar-refractivity contribution in [3.05, 3.63) is 0 Å². The highest BCUT2D eigenvalue weighted by Crippen LogP contribution is 2.28. The number of nitrogens with one attached hydrogen (secondary N) is 1. The Labute approximate surface area is 73.2 Å². The van der Waals surface area contributed by atoms with Gasteiger partial charge in [0, 0.05) is 6.54 Å². The Bertz CT molecular complexity index is 141. The van der Waals surface area contributed by atoms with Gasteiger partial charge in [-0.25, -0.2) is 9.90 Å². The van der Waals surface area contributed by atoms with Gasteiger partial charge in [0.25, 0.3) is 0 Å². The summed E-state index contributed by atoms with van der Waals surface area (Å²) < 4.78 is 0. The number of amides is 1. The summed E-state index contributed by atoms with van der Waals surface area (Å²) in [6, 6.07) is 0. The van der Waals surface area contributed by atoms with E-state index in [0.717, 1.165) is 12.3 Å². The van der Waals surface area contributed by atoms with Crippen molar-refractivity contribution in [3.63, 3.8) is 0 Å². The van der Waals surface area contributed by atoms with Gasteiger partial charge < -0.3 is 5.32 Å². The lowest BCUT2D eigenvalue weighted by molar-refractivity contribution is 0.168. The molecule has 1 aliphatic carbocycles. The second-order valence-electron chi connectivity index (χ2n) is 3.51. The van der Waals surface area contributed by atoms with E-state index >= 15 is 0 Å². The van der Waals surface area contributed by atoms with Crippen molar-refractivity contribution in [2.45, 2.75) is 38.5 Å². The first-order chi connectivity index (χ1) is 5.79. The van der Waals surface area contributed by atoms with Gasteiger partial charge in [-0.3, -0.25) is 0 Å². The molecule has 12 heavy (non-hydrogen) atoms. The van der Waals surface area contributed by atoms with Crippen molar-refractivity contribution in [1.82, 2.24) is 5.32 Å². The molecule has 69 valence electrons. The summed E-state index contributed by atoms with van der Waals surface area (Å²) in [6.45, 7) is 0.554. The number of carbonyl (C=O) groups is 1. The summed E-state index contributed by atoms with van der Waals surface area (Å²) in [7, 11) is 0. The van der Waals surface area contributed by atoms with Crippen LogP contribution in [0.25, 0.3) is 0 Å². The second-order valence-corrected chi connectivity index (χ2v) is 3.51. The van der Waals surface area contributed by atoms with Crippen LogP contribution in [0, 0.1) is 5.92 Å². The van der Waals surface area contributed by atoms with Crippen molar-refractivity contribution < 1.29 is 9.90 Å². The van der Waals surface area contributed by atoms with E-state index in [2.05, 4.69) is 5.32 Å². The topological polar surface area (TPSA) is 49.0 Å². The minimum atomic E-state index is -1.15. The highest BCUT2D eigenvalue weighted by atomic mass is 16.4. The predicted molar refractivity (Wildman–Crippen MR) is 45.3 cm³/mol. The molecule has 1 rings (SSSR count). The predicted octanol–water partition coefficient (Wildman–Crippen LogP) is 2.10. The van der Waals surface area contributed by atoms with E-state index in [0.29, 0.717) is 6.54 Å². The Balaban J connectivity index is 1.91. The first-order valence-corrected chi connectivity index (χ1v) is 4.74. The first-order valence-electron chi connectivity index (χ1n) is 4.74. The second kappa shape index (κ2) is 5.01. The Hall–Kier alpha value is -0.730. The molecule has 0 bridgehead atoms. The van der Waals surface area contributed by atoms with Gasteiger partial charge in [0.2, 0.25) is 0 Å². The van der Waals surface area contributed by atoms with Gasteiger partial charge in [0.15, 0.2) is 0 Å². The maximum atomic E-state index is 9.97. The Morgan fingerprint density at radius 3 is 2.58 bits per heavy atom. The number of hydrogen-bond acceptors (Lipinski definition) is 1. The summed E-state index contributed by atoms with van der Waals surface area (Å²) in [5.41, 5.74) is 0. The molecule has 1 amide bonds. The lowest BCUT2D eigenvalue weighted by Crippen LogP contribution is -2.21. The average molecular weight is 170 g/mol. The maximum Gasteiger partial charge on any atom is 0.450 e. The highest BCUT2D eigenvalue weighted by molar-refractivity contribution is 5.63. The quantitative estimate of drug-likeness (QED) is 0.645. The summed E-state index contributed by atoms with van der Waals surface area (Å²) in [5, 5.41) is 12.2. The first kappa shape index (κ1) is 9.36. The molecule has 0 aliphatic heterocycles. The van der Waals surface area contributed by atoms with Crippen molar-refractivity contribution >= 4 is 6.09 Å². The van der Waals surface area contributed by atoms with Crippen LogP contribution in [0.4, 0.5) is 4.79 Å². The normalized spacial score (nSPS) is 18.0. The van der Waals surface area contributed by atoms with Crippen LogP contribution in [-0.4, -0.2) is 12.6 Å². The number of hydrogen-bond donors (Lipinski definition) is 1. The lowest BCUT2D eigenvalue weighted by Gasteiger charge is -2.07. The van der Waals surface area contributed by atoms with Crippen LogP contribution in [0.2, 0.25) is 0 Å². The maximum absolute atomic E-state index is 9.97. The minimum absolute atomic E-state index is 0.554. The molecule has 1 aliphatic rings. The third-order valence-corrected chi connectivity index (χ3v) is 2.53. The Kier molecular flexibility index (Phi) is 3.91. The van der Waals surface area contributed by atoms with Crippen LogP contribution >= 0.6 is 0 Å². The van der Waals surface area contributed by atoms with Crippen molar-refractivity contribution in [3.8, 4) is 0 Å². The van der Waals surface area contributed by atoms with Crippen LogP contribution in [0.1, 0.15) is 38.5 Å². The van der Waals surface area contributed by atoms with Crippen LogP contribution < -0.4 is 5.32 Å². The van der Waals surface area contributed by atoms with E-state index in [1.165, 1.54) is 32.1 Å². The van der Waals surface area contributed by atoms with Crippen LogP contribution in [0.3, 0.4) is 0 Å². The molecule has 0 unspecified atom stereocenters. The molecule has 0 saturated heterocycles. The zero-order valence-corrected chi connectivity index (χ0v) is 7.34. The molecule has 3 nitrogen and oxygen atoms in total. The molecular formula is C9H16NO2. The molecule has 1 N–H and O–H groups in total. The van der Waals surface area contributed by atoms with E-state index in [-0.39, 0.29) is 0 Å². The summed E-state index contributed by atoms with van der Waals surface area (Å²) >= 11 is 0. The largest absolute Gasteiger partial charge is 0.450 e. The van der Waals surface area contributed by atoms with Gasteiger partial charge in [-0.1, -0.05) is 25.7 Å². The lowest BCUT2D eigenvalue weighted by atomic mass is 10.0. The molecule has 3 heteroatoms. The van der Waals surface area contributed by atoms with Gasteiger partial charge in [-0.2, -0.15) is 0 Å². The Morgan fingerprint density at radius 1 is 1.33 bits per heavy atom. The molecule has 0 aromatic heterocycles. The number of rotatable bonds is 4. The molecular weight excluding hydrogens is 154 g/mol. The van der Waals surface area contributed by atoms with Gasteiger partial charge in [0.1, 0.15) is 0 Å². The molecule has 0 aromatic rings. The van der Waals surface area contributed by atoms with Gasteiger partial charge in [-0.05, 0) is 18.8 Å². The zero-order chi connectivity index (χ0) is 8.81. The van der Waals surface area contributed by atoms with Crippen molar-refractivity contribution in [2.75, 3.05) is 6.54 Å². The molecule has 1 saturated carbocycles. The van der Waals surface area contributed by atoms with E-state index in [1.54, 1.807) is 0 Å². The van der Waals surface area contributed by atoms with E-state index < -0.39 is 6.09 Å².